The van der Waals surface area contributed by atoms with Crippen LogP contribution in [0.25, 0.3) is 0 Å². The molecule has 0 heterocycles. The molecule has 0 aromatic rings. The maximum atomic E-state index is 12.3. The lowest BCUT2D eigenvalue weighted by Gasteiger charge is -2.34. The van der Waals surface area contributed by atoms with Gasteiger partial charge in [-0.2, -0.15) is 0 Å². The summed E-state index contributed by atoms with van der Waals surface area (Å²) in [6, 6.07) is 0.458. The second kappa shape index (κ2) is 5.38. The minimum atomic E-state index is 0.0385. The highest BCUT2D eigenvalue weighted by molar-refractivity contribution is 5.80. The van der Waals surface area contributed by atoms with Gasteiger partial charge in [-0.1, -0.05) is 26.7 Å². The van der Waals surface area contributed by atoms with E-state index in [0.29, 0.717) is 17.9 Å². The molecule has 5 unspecified atom stereocenters. The number of hydrogen-bond acceptors (Lipinski definition) is 2. The normalized spacial score (nSPS) is 42.4. The van der Waals surface area contributed by atoms with Crippen molar-refractivity contribution in [2.24, 2.45) is 23.5 Å². The molecule has 3 nitrogen and oxygen atoms in total. The number of carbonyl (C=O) groups excluding carboxylic acids is 1. The molecule has 17 heavy (non-hydrogen) atoms. The minimum absolute atomic E-state index is 0.0385. The highest BCUT2D eigenvalue weighted by atomic mass is 16.2. The van der Waals surface area contributed by atoms with Gasteiger partial charge in [-0.3, -0.25) is 4.79 Å². The Morgan fingerprint density at radius 2 is 1.71 bits per heavy atom. The van der Waals surface area contributed by atoms with Gasteiger partial charge in [0.2, 0.25) is 5.91 Å². The van der Waals surface area contributed by atoms with Gasteiger partial charge in [-0.05, 0) is 37.5 Å². The topological polar surface area (TPSA) is 55.1 Å². The third-order valence-electron chi connectivity index (χ3n) is 4.76. The third-order valence-corrected chi connectivity index (χ3v) is 4.76. The maximum Gasteiger partial charge on any atom is 0.225 e. The average Bonchev–Trinajstić information content (AvgIpc) is 2.64. The van der Waals surface area contributed by atoms with E-state index in [0.717, 1.165) is 19.3 Å². The second-order valence-corrected chi connectivity index (χ2v) is 6.12. The van der Waals surface area contributed by atoms with Crippen LogP contribution in [0.5, 0.6) is 0 Å². The molecule has 0 spiro atoms. The zero-order chi connectivity index (χ0) is 12.4. The molecular formula is C14H26N2O. The summed E-state index contributed by atoms with van der Waals surface area (Å²) in [5.41, 5.74) is 6.12. The lowest BCUT2D eigenvalue weighted by Crippen LogP contribution is -2.50. The van der Waals surface area contributed by atoms with Crippen LogP contribution in [0.15, 0.2) is 0 Å². The maximum absolute atomic E-state index is 12.3. The number of rotatable bonds is 2. The van der Waals surface area contributed by atoms with Crippen LogP contribution in [0, 0.1) is 17.8 Å². The lowest BCUT2D eigenvalue weighted by molar-refractivity contribution is -0.129. The van der Waals surface area contributed by atoms with E-state index in [9.17, 15) is 4.79 Å². The summed E-state index contributed by atoms with van der Waals surface area (Å²) in [4.78, 5) is 12.3. The quantitative estimate of drug-likeness (QED) is 0.773. The first-order chi connectivity index (χ1) is 8.09. The smallest absolute Gasteiger partial charge is 0.225 e. The SMILES string of the molecule is CC1CCCC1NC(=O)C1C(C)CCCC1N. The number of nitrogens with two attached hydrogens (primary N) is 1. The predicted molar refractivity (Wildman–Crippen MR) is 69.4 cm³/mol. The van der Waals surface area contributed by atoms with Gasteiger partial charge in [-0.25, -0.2) is 0 Å². The van der Waals surface area contributed by atoms with E-state index in [-0.39, 0.29) is 17.9 Å². The molecule has 3 N–H and O–H groups in total. The Balaban J connectivity index is 1.93. The molecule has 2 fully saturated rings. The summed E-state index contributed by atoms with van der Waals surface area (Å²) >= 11 is 0. The van der Waals surface area contributed by atoms with Crippen molar-refractivity contribution in [2.75, 3.05) is 0 Å². The molecule has 1 amide bonds. The summed E-state index contributed by atoms with van der Waals surface area (Å²) in [7, 11) is 0. The first-order valence-corrected chi connectivity index (χ1v) is 7.15. The van der Waals surface area contributed by atoms with Gasteiger partial charge >= 0.3 is 0 Å². The van der Waals surface area contributed by atoms with Crippen molar-refractivity contribution < 1.29 is 4.79 Å². The molecule has 0 aromatic carbocycles. The summed E-state index contributed by atoms with van der Waals surface area (Å²) in [6.45, 7) is 4.41. The number of hydrogen-bond donors (Lipinski definition) is 2. The van der Waals surface area contributed by atoms with E-state index in [4.69, 9.17) is 5.73 Å². The van der Waals surface area contributed by atoms with Crippen molar-refractivity contribution in [1.82, 2.24) is 5.32 Å². The molecule has 5 atom stereocenters. The fourth-order valence-electron chi connectivity index (χ4n) is 3.55. The van der Waals surface area contributed by atoms with Gasteiger partial charge in [0, 0.05) is 12.1 Å². The molecule has 2 rings (SSSR count). The molecule has 0 aliphatic heterocycles. The number of amides is 1. The van der Waals surface area contributed by atoms with Gasteiger partial charge < -0.3 is 11.1 Å². The van der Waals surface area contributed by atoms with E-state index in [1.807, 2.05) is 0 Å². The molecule has 0 bridgehead atoms. The van der Waals surface area contributed by atoms with Crippen LogP contribution in [0.2, 0.25) is 0 Å². The summed E-state index contributed by atoms with van der Waals surface area (Å²) < 4.78 is 0. The summed E-state index contributed by atoms with van der Waals surface area (Å²) in [6.07, 6.45) is 6.96. The summed E-state index contributed by atoms with van der Waals surface area (Å²) in [5.74, 6) is 1.32. The zero-order valence-corrected chi connectivity index (χ0v) is 11.1. The monoisotopic (exact) mass is 238 g/mol. The summed E-state index contributed by atoms with van der Waals surface area (Å²) in [5, 5.41) is 3.24. The molecule has 0 radical (unpaired) electrons. The van der Waals surface area contributed by atoms with Gasteiger partial charge in [-0.15, -0.1) is 0 Å². The zero-order valence-electron chi connectivity index (χ0n) is 11.1. The Hall–Kier alpha value is -0.570. The number of carbonyl (C=O) groups is 1. The molecule has 0 saturated heterocycles. The van der Waals surface area contributed by atoms with Crippen molar-refractivity contribution in [3.63, 3.8) is 0 Å². The molecule has 0 aromatic heterocycles. The Bertz CT molecular complexity index is 269. The van der Waals surface area contributed by atoms with Gasteiger partial charge in [0.1, 0.15) is 0 Å². The minimum Gasteiger partial charge on any atom is -0.353 e. The van der Waals surface area contributed by atoms with E-state index in [2.05, 4.69) is 19.2 Å². The first-order valence-electron chi connectivity index (χ1n) is 7.15. The second-order valence-electron chi connectivity index (χ2n) is 6.12. The molecule has 3 heteroatoms. The molecule has 2 aliphatic carbocycles. The van der Waals surface area contributed by atoms with E-state index < -0.39 is 0 Å². The van der Waals surface area contributed by atoms with Crippen LogP contribution in [0.4, 0.5) is 0 Å². The predicted octanol–water partition coefficient (Wildman–Crippen LogP) is 2.05. The van der Waals surface area contributed by atoms with E-state index in [1.165, 1.54) is 19.3 Å². The molecular weight excluding hydrogens is 212 g/mol. The van der Waals surface area contributed by atoms with Gasteiger partial charge in [0.25, 0.3) is 0 Å². The van der Waals surface area contributed by atoms with Crippen molar-refractivity contribution in [2.45, 2.75) is 64.5 Å². The van der Waals surface area contributed by atoms with Crippen LogP contribution in [-0.4, -0.2) is 18.0 Å². The van der Waals surface area contributed by atoms with Crippen molar-refractivity contribution in [1.29, 1.82) is 0 Å². The Kier molecular flexibility index (Phi) is 4.08. The van der Waals surface area contributed by atoms with E-state index in [1.54, 1.807) is 0 Å². The van der Waals surface area contributed by atoms with Crippen molar-refractivity contribution in [3.05, 3.63) is 0 Å². The number of nitrogens with one attached hydrogen (secondary N) is 1. The first kappa shape index (κ1) is 12.9. The highest BCUT2D eigenvalue weighted by Crippen LogP contribution is 2.30. The van der Waals surface area contributed by atoms with Crippen LogP contribution < -0.4 is 11.1 Å². The fourth-order valence-corrected chi connectivity index (χ4v) is 3.55. The van der Waals surface area contributed by atoms with E-state index >= 15 is 0 Å². The fraction of sp³-hybridized carbons (Fsp3) is 0.929. The molecule has 98 valence electrons. The van der Waals surface area contributed by atoms with Crippen LogP contribution in [0.3, 0.4) is 0 Å². The average molecular weight is 238 g/mol. The standard InChI is InChI=1S/C14H26N2O/c1-9-5-4-8-12(9)16-14(17)13-10(2)6-3-7-11(13)15/h9-13H,3-8,15H2,1-2H3,(H,16,17). The van der Waals surface area contributed by atoms with Gasteiger partial charge in [0.05, 0.1) is 5.92 Å². The van der Waals surface area contributed by atoms with Crippen molar-refractivity contribution in [3.8, 4) is 0 Å². The largest absolute Gasteiger partial charge is 0.353 e. The Labute approximate surface area is 105 Å². The lowest BCUT2D eigenvalue weighted by atomic mass is 9.76. The Morgan fingerprint density at radius 1 is 1.06 bits per heavy atom. The third kappa shape index (κ3) is 2.82. The van der Waals surface area contributed by atoms with Gasteiger partial charge in [0.15, 0.2) is 0 Å². The van der Waals surface area contributed by atoms with Crippen LogP contribution in [-0.2, 0) is 4.79 Å². The Morgan fingerprint density at radius 3 is 2.29 bits per heavy atom. The van der Waals surface area contributed by atoms with Crippen LogP contribution >= 0.6 is 0 Å². The molecule has 2 saturated carbocycles. The molecule has 2 aliphatic rings. The van der Waals surface area contributed by atoms with Crippen LogP contribution in [0.1, 0.15) is 52.4 Å². The highest BCUT2D eigenvalue weighted by Gasteiger charge is 2.36. The van der Waals surface area contributed by atoms with Crippen molar-refractivity contribution >= 4 is 5.91 Å².